The average molecular weight is 337 g/mol. The second kappa shape index (κ2) is 8.72. The van der Waals surface area contributed by atoms with E-state index in [-0.39, 0.29) is 13.2 Å². The first kappa shape index (κ1) is 19.2. The first-order valence-corrected chi connectivity index (χ1v) is 11.6. The van der Waals surface area contributed by atoms with Gasteiger partial charge in [0.2, 0.25) is 0 Å². The van der Waals surface area contributed by atoms with Crippen LogP contribution in [-0.2, 0) is 9.47 Å². The Morgan fingerprint density at radius 3 is 1.70 bits per heavy atom. The third kappa shape index (κ3) is 5.71. The van der Waals surface area contributed by atoms with E-state index in [1.54, 1.807) is 12.1 Å². The Hall–Kier alpha value is -1.82. The van der Waals surface area contributed by atoms with Crippen LogP contribution in [0.15, 0.2) is 24.3 Å². The van der Waals surface area contributed by atoms with E-state index in [4.69, 9.17) is 9.47 Å². The van der Waals surface area contributed by atoms with Crippen molar-refractivity contribution in [3.05, 3.63) is 24.3 Å². The lowest BCUT2D eigenvalue weighted by molar-refractivity contribution is 0.134. The van der Waals surface area contributed by atoms with Crippen molar-refractivity contribution in [1.82, 2.24) is 0 Å². The molecule has 1 aromatic carbocycles. The molecule has 2 amide bonds. The summed E-state index contributed by atoms with van der Waals surface area (Å²) in [5.74, 6) is 0. The van der Waals surface area contributed by atoms with Crippen molar-refractivity contribution in [2.75, 3.05) is 18.1 Å². The van der Waals surface area contributed by atoms with Crippen LogP contribution >= 0.6 is 0 Å². The fraction of sp³-hybridized carbons (Fsp3) is 0.529. The minimum absolute atomic E-state index is 0.267. The zero-order valence-corrected chi connectivity index (χ0v) is 15.7. The van der Waals surface area contributed by atoms with Crippen LogP contribution in [0.3, 0.4) is 0 Å². The Labute approximate surface area is 139 Å². The number of amides is 2. The van der Waals surface area contributed by atoms with Crippen LogP contribution in [0.1, 0.15) is 26.7 Å². The van der Waals surface area contributed by atoms with Gasteiger partial charge in [0.1, 0.15) is 0 Å². The molecular weight excluding hydrogens is 310 g/mol. The Bertz CT molecular complexity index is 502. The molecule has 0 atom stereocenters. The molecule has 5 nitrogen and oxygen atoms in total. The summed E-state index contributed by atoms with van der Waals surface area (Å²) in [4.78, 5) is 25.4. The number of rotatable bonds is 6. The van der Waals surface area contributed by atoms with Crippen LogP contribution < -0.4 is 10.1 Å². The highest BCUT2D eigenvalue weighted by molar-refractivity contribution is 6.88. The number of imide groups is 1. The Balaban J connectivity index is 3.03. The van der Waals surface area contributed by atoms with E-state index in [1.807, 2.05) is 26.0 Å². The Morgan fingerprint density at radius 2 is 1.35 bits per heavy atom. The van der Waals surface area contributed by atoms with Crippen molar-refractivity contribution in [1.29, 1.82) is 0 Å². The summed E-state index contributed by atoms with van der Waals surface area (Å²) in [6.07, 6.45) is -0.0153. The largest absolute Gasteiger partial charge is 0.449 e. The summed E-state index contributed by atoms with van der Waals surface area (Å²) in [5, 5.41) is 1.25. The topological polar surface area (TPSA) is 55.8 Å². The smallest absolute Gasteiger partial charge is 0.424 e. The first-order valence-electron chi connectivity index (χ1n) is 8.05. The molecule has 0 saturated carbocycles. The number of hydrogen-bond donors (Lipinski definition) is 0. The summed E-state index contributed by atoms with van der Waals surface area (Å²) >= 11 is 0. The molecule has 0 aliphatic heterocycles. The fourth-order valence-electron chi connectivity index (χ4n) is 1.90. The van der Waals surface area contributed by atoms with Gasteiger partial charge >= 0.3 is 12.2 Å². The standard InChI is InChI=1S/C17H27NO4Si/c1-6-12-21-16(19)18(17(20)22-13-7-2)14-8-10-15(11-9-14)23(3,4)5/h8-11H,6-7,12-13H2,1-5H3. The number of nitrogens with zero attached hydrogens (tertiary/aromatic N) is 1. The molecule has 0 spiro atoms. The van der Waals surface area contributed by atoms with Gasteiger partial charge in [-0.1, -0.05) is 50.8 Å². The number of benzene rings is 1. The quantitative estimate of drug-likeness (QED) is 0.732. The molecule has 0 heterocycles. The summed E-state index contributed by atoms with van der Waals surface area (Å²) < 4.78 is 10.2. The average Bonchev–Trinajstić information content (AvgIpc) is 2.50. The van der Waals surface area contributed by atoms with Gasteiger partial charge in [0.15, 0.2) is 0 Å². The summed E-state index contributed by atoms with van der Waals surface area (Å²) in [6, 6.07) is 7.48. The van der Waals surface area contributed by atoms with Gasteiger partial charge in [-0.15, -0.1) is 0 Å². The van der Waals surface area contributed by atoms with E-state index in [2.05, 4.69) is 19.6 Å². The van der Waals surface area contributed by atoms with Crippen LogP contribution in [0.25, 0.3) is 0 Å². The van der Waals surface area contributed by atoms with Crippen LogP contribution in [0, 0.1) is 0 Å². The number of anilines is 1. The van der Waals surface area contributed by atoms with E-state index in [0.717, 1.165) is 4.90 Å². The van der Waals surface area contributed by atoms with Gasteiger partial charge in [0.05, 0.1) is 27.0 Å². The lowest BCUT2D eigenvalue weighted by Crippen LogP contribution is -2.40. The molecular formula is C17H27NO4Si. The number of carbonyl (C=O) groups excluding carboxylic acids is 2. The normalized spacial score (nSPS) is 11.0. The van der Waals surface area contributed by atoms with Gasteiger partial charge < -0.3 is 9.47 Å². The maximum absolute atomic E-state index is 12.2. The molecule has 0 fully saturated rings. The number of carbonyl (C=O) groups is 2. The molecule has 1 rings (SSSR count). The highest BCUT2D eigenvalue weighted by atomic mass is 28.3. The molecule has 1 aromatic rings. The molecule has 0 unspecified atom stereocenters. The van der Waals surface area contributed by atoms with Crippen molar-refractivity contribution in [2.24, 2.45) is 0 Å². The van der Waals surface area contributed by atoms with Gasteiger partial charge in [-0.05, 0) is 25.0 Å². The van der Waals surface area contributed by atoms with Crippen molar-refractivity contribution in [3.63, 3.8) is 0 Å². The lowest BCUT2D eigenvalue weighted by atomic mass is 10.3. The van der Waals surface area contributed by atoms with Crippen molar-refractivity contribution >= 4 is 31.1 Å². The number of ether oxygens (including phenoxy) is 2. The molecule has 0 N–H and O–H groups in total. The third-order valence-electron chi connectivity index (χ3n) is 3.22. The second-order valence-electron chi connectivity index (χ2n) is 6.36. The predicted octanol–water partition coefficient (Wildman–Crippen LogP) is 4.13. The zero-order valence-electron chi connectivity index (χ0n) is 14.7. The van der Waals surface area contributed by atoms with Gasteiger partial charge in [-0.2, -0.15) is 4.90 Å². The van der Waals surface area contributed by atoms with Gasteiger partial charge in [0, 0.05) is 0 Å². The number of hydrogen-bond acceptors (Lipinski definition) is 4. The Kier molecular flexibility index (Phi) is 7.29. The molecule has 0 aliphatic rings. The zero-order chi connectivity index (χ0) is 17.5. The molecule has 0 bridgehead atoms. The molecule has 0 aliphatic carbocycles. The Morgan fingerprint density at radius 1 is 0.913 bits per heavy atom. The van der Waals surface area contributed by atoms with Crippen LogP contribution in [-0.4, -0.2) is 33.5 Å². The lowest BCUT2D eigenvalue weighted by Gasteiger charge is -2.22. The molecule has 6 heteroatoms. The summed E-state index contributed by atoms with van der Waals surface area (Å²) in [5.41, 5.74) is 0.467. The molecule has 0 saturated heterocycles. The van der Waals surface area contributed by atoms with E-state index >= 15 is 0 Å². The second-order valence-corrected chi connectivity index (χ2v) is 11.4. The highest BCUT2D eigenvalue weighted by Crippen LogP contribution is 2.17. The third-order valence-corrected chi connectivity index (χ3v) is 5.28. The predicted molar refractivity (Wildman–Crippen MR) is 95.2 cm³/mol. The first-order chi connectivity index (χ1) is 10.8. The van der Waals surface area contributed by atoms with Crippen LogP contribution in [0.2, 0.25) is 19.6 Å². The minimum Gasteiger partial charge on any atom is -0.449 e. The maximum atomic E-state index is 12.2. The van der Waals surface area contributed by atoms with Gasteiger partial charge in [0.25, 0.3) is 0 Å². The van der Waals surface area contributed by atoms with Gasteiger partial charge in [-0.3, -0.25) is 0 Å². The van der Waals surface area contributed by atoms with Crippen LogP contribution in [0.4, 0.5) is 15.3 Å². The van der Waals surface area contributed by atoms with Crippen molar-refractivity contribution in [2.45, 2.75) is 46.3 Å². The maximum Gasteiger partial charge on any atom is 0.424 e. The van der Waals surface area contributed by atoms with E-state index < -0.39 is 20.3 Å². The molecule has 23 heavy (non-hydrogen) atoms. The fourth-order valence-corrected chi connectivity index (χ4v) is 3.07. The molecule has 0 aromatic heterocycles. The summed E-state index contributed by atoms with van der Waals surface area (Å²) in [6.45, 7) is 11.1. The van der Waals surface area contributed by atoms with E-state index in [1.165, 1.54) is 5.19 Å². The van der Waals surface area contributed by atoms with E-state index in [9.17, 15) is 9.59 Å². The minimum atomic E-state index is -1.44. The molecule has 0 radical (unpaired) electrons. The van der Waals surface area contributed by atoms with Crippen molar-refractivity contribution < 1.29 is 19.1 Å². The summed E-state index contributed by atoms with van der Waals surface area (Å²) in [7, 11) is -1.44. The molecule has 128 valence electrons. The van der Waals surface area contributed by atoms with Gasteiger partial charge in [-0.25, -0.2) is 9.59 Å². The van der Waals surface area contributed by atoms with Crippen LogP contribution in [0.5, 0.6) is 0 Å². The SMILES string of the molecule is CCCOC(=O)N(C(=O)OCCC)c1ccc([Si](C)(C)C)cc1. The highest BCUT2D eigenvalue weighted by Gasteiger charge is 2.27. The monoisotopic (exact) mass is 337 g/mol. The van der Waals surface area contributed by atoms with Crippen molar-refractivity contribution in [3.8, 4) is 0 Å². The van der Waals surface area contributed by atoms with E-state index in [0.29, 0.717) is 18.5 Å².